The Kier molecular flexibility index (Phi) is 4.43. The first-order valence-corrected chi connectivity index (χ1v) is 9.08. The zero-order valence-corrected chi connectivity index (χ0v) is 15.3. The molecule has 0 radical (unpaired) electrons. The number of aliphatic imine (C=N–C) groups is 2. The Morgan fingerprint density at radius 3 is 2.72 bits per heavy atom. The van der Waals surface area contributed by atoms with Crippen LogP contribution in [0.5, 0.6) is 0 Å². The van der Waals surface area contributed by atoms with Gasteiger partial charge in [-0.25, -0.2) is 19.8 Å². The standard InChI is InChI=1S/C17H18Cl2FN5/c1-10-5-7-24(8-6-10)16-14(13-11(18)3-2-4-12(13)20)15(19)23-17-21-9-22-25(16)17/h2-4,10,22H,5-9H2,1H3. The van der Waals surface area contributed by atoms with Crippen LogP contribution in [0.3, 0.4) is 0 Å². The van der Waals surface area contributed by atoms with E-state index in [9.17, 15) is 4.39 Å². The molecule has 1 aromatic carbocycles. The number of nitrogens with one attached hydrogen (secondary N) is 1. The minimum absolute atomic E-state index is 0.208. The van der Waals surface area contributed by atoms with E-state index in [1.165, 1.54) is 6.07 Å². The smallest absolute Gasteiger partial charge is 0.244 e. The van der Waals surface area contributed by atoms with Gasteiger partial charge in [-0.2, -0.15) is 4.99 Å². The highest BCUT2D eigenvalue weighted by molar-refractivity contribution is 6.77. The molecular formula is C17H18Cl2FN5. The summed E-state index contributed by atoms with van der Waals surface area (Å²) in [4.78, 5) is 10.9. The number of halogens is 3. The number of allylic oxidation sites excluding steroid dienone is 1. The first-order chi connectivity index (χ1) is 12.1. The monoisotopic (exact) mass is 381 g/mol. The van der Waals surface area contributed by atoms with Gasteiger partial charge in [0.1, 0.15) is 23.5 Å². The van der Waals surface area contributed by atoms with Gasteiger partial charge in [0.15, 0.2) is 0 Å². The van der Waals surface area contributed by atoms with Crippen LogP contribution < -0.4 is 5.43 Å². The zero-order valence-electron chi connectivity index (χ0n) is 13.8. The van der Waals surface area contributed by atoms with E-state index in [0.717, 1.165) is 31.8 Å². The normalized spacial score (nSPS) is 21.4. The van der Waals surface area contributed by atoms with Gasteiger partial charge >= 0.3 is 0 Å². The Labute approximate surface area is 155 Å². The van der Waals surface area contributed by atoms with Gasteiger partial charge in [0.25, 0.3) is 0 Å². The van der Waals surface area contributed by atoms with Gasteiger partial charge in [0, 0.05) is 18.7 Å². The minimum atomic E-state index is -0.418. The number of likely N-dealkylation sites (tertiary alicyclic amines) is 1. The van der Waals surface area contributed by atoms with Crippen LogP contribution in [0.15, 0.2) is 34.0 Å². The first kappa shape index (κ1) is 16.8. The maximum atomic E-state index is 14.6. The van der Waals surface area contributed by atoms with Gasteiger partial charge in [-0.15, -0.1) is 0 Å². The molecule has 3 aliphatic rings. The van der Waals surface area contributed by atoms with E-state index in [4.69, 9.17) is 23.2 Å². The Morgan fingerprint density at radius 1 is 1.24 bits per heavy atom. The molecule has 8 heteroatoms. The predicted octanol–water partition coefficient (Wildman–Crippen LogP) is 3.66. The number of guanidine groups is 1. The van der Waals surface area contributed by atoms with E-state index in [0.29, 0.717) is 29.1 Å². The second-order valence-electron chi connectivity index (χ2n) is 6.48. The lowest BCUT2D eigenvalue weighted by molar-refractivity contribution is 0.183. The SMILES string of the molecule is CC1CCN(C2=C(c3c(F)cccc3Cl)C(Cl)=NC3=NCNN32)CC1. The molecule has 3 heterocycles. The van der Waals surface area contributed by atoms with E-state index in [1.54, 1.807) is 17.1 Å². The van der Waals surface area contributed by atoms with Crippen molar-refractivity contribution in [3.8, 4) is 0 Å². The Hall–Kier alpha value is -1.63. The molecule has 0 spiro atoms. The van der Waals surface area contributed by atoms with Crippen LogP contribution in [-0.4, -0.2) is 40.8 Å². The van der Waals surface area contributed by atoms with Crippen LogP contribution >= 0.6 is 23.2 Å². The molecule has 25 heavy (non-hydrogen) atoms. The van der Waals surface area contributed by atoms with E-state index in [1.807, 2.05) is 0 Å². The summed E-state index contributed by atoms with van der Waals surface area (Å²) < 4.78 is 14.6. The second-order valence-corrected chi connectivity index (χ2v) is 7.24. The van der Waals surface area contributed by atoms with Crippen LogP contribution in [0.4, 0.5) is 4.39 Å². The number of benzene rings is 1. The molecule has 1 N–H and O–H groups in total. The Balaban J connectivity index is 1.90. The molecule has 1 saturated heterocycles. The van der Waals surface area contributed by atoms with Crippen molar-refractivity contribution in [3.05, 3.63) is 40.4 Å². The fourth-order valence-electron chi connectivity index (χ4n) is 3.39. The van der Waals surface area contributed by atoms with E-state index < -0.39 is 5.82 Å². The number of hydrogen-bond donors (Lipinski definition) is 1. The molecule has 0 aromatic heterocycles. The number of nitrogens with zero attached hydrogens (tertiary/aromatic N) is 4. The van der Waals surface area contributed by atoms with Gasteiger partial charge < -0.3 is 4.90 Å². The Morgan fingerprint density at radius 2 is 2.00 bits per heavy atom. The maximum absolute atomic E-state index is 14.6. The summed E-state index contributed by atoms with van der Waals surface area (Å²) in [7, 11) is 0. The average Bonchev–Trinajstić information content (AvgIpc) is 3.03. The lowest BCUT2D eigenvalue weighted by Gasteiger charge is -2.40. The summed E-state index contributed by atoms with van der Waals surface area (Å²) in [5, 5.41) is 2.31. The lowest BCUT2D eigenvalue weighted by Crippen LogP contribution is -2.48. The quantitative estimate of drug-likeness (QED) is 0.849. The highest BCUT2D eigenvalue weighted by Gasteiger charge is 2.36. The highest BCUT2D eigenvalue weighted by Crippen LogP contribution is 2.37. The van der Waals surface area contributed by atoms with E-state index in [-0.39, 0.29) is 10.7 Å². The van der Waals surface area contributed by atoms with Crippen LogP contribution in [0.1, 0.15) is 25.3 Å². The van der Waals surface area contributed by atoms with Crippen molar-refractivity contribution < 1.29 is 4.39 Å². The number of fused-ring (bicyclic) bond motifs is 1. The largest absolute Gasteiger partial charge is 0.356 e. The molecule has 0 amide bonds. The Bertz CT molecular complexity index is 776. The van der Waals surface area contributed by atoms with Crippen molar-refractivity contribution in [2.45, 2.75) is 19.8 Å². The fourth-order valence-corrected chi connectivity index (χ4v) is 3.90. The molecule has 5 nitrogen and oxygen atoms in total. The van der Waals surface area contributed by atoms with Crippen molar-refractivity contribution in [1.82, 2.24) is 15.3 Å². The molecule has 0 unspecified atom stereocenters. The third-order valence-electron chi connectivity index (χ3n) is 4.79. The van der Waals surface area contributed by atoms with Crippen molar-refractivity contribution >= 4 is 39.9 Å². The minimum Gasteiger partial charge on any atom is -0.356 e. The summed E-state index contributed by atoms with van der Waals surface area (Å²) in [6, 6.07) is 4.63. The van der Waals surface area contributed by atoms with Gasteiger partial charge in [-0.1, -0.05) is 36.2 Å². The van der Waals surface area contributed by atoms with Gasteiger partial charge in [0.05, 0.1) is 10.6 Å². The van der Waals surface area contributed by atoms with Crippen LogP contribution in [0.2, 0.25) is 5.02 Å². The van der Waals surface area contributed by atoms with Crippen LogP contribution in [0.25, 0.3) is 5.57 Å². The summed E-state index contributed by atoms with van der Waals surface area (Å²) >= 11 is 12.8. The van der Waals surface area contributed by atoms with E-state index >= 15 is 0 Å². The summed E-state index contributed by atoms with van der Waals surface area (Å²) in [5.41, 5.74) is 3.96. The molecule has 1 fully saturated rings. The molecule has 0 saturated carbocycles. The van der Waals surface area contributed by atoms with Gasteiger partial charge in [-0.05, 0) is 30.9 Å². The zero-order chi connectivity index (χ0) is 17.6. The van der Waals surface area contributed by atoms with Crippen molar-refractivity contribution in [3.63, 3.8) is 0 Å². The molecule has 0 bridgehead atoms. The first-order valence-electron chi connectivity index (χ1n) is 8.32. The predicted molar refractivity (Wildman–Crippen MR) is 98.9 cm³/mol. The van der Waals surface area contributed by atoms with Gasteiger partial charge in [-0.3, -0.25) is 0 Å². The summed E-state index contributed by atoms with van der Waals surface area (Å²) in [6.45, 7) is 4.38. The fraction of sp³-hybridized carbons (Fsp3) is 0.412. The summed E-state index contributed by atoms with van der Waals surface area (Å²) in [5.74, 6) is 1.52. The molecule has 0 atom stereocenters. The molecular weight excluding hydrogens is 364 g/mol. The second kappa shape index (κ2) is 6.59. The van der Waals surface area contributed by atoms with Crippen LogP contribution in [-0.2, 0) is 0 Å². The lowest BCUT2D eigenvalue weighted by atomic mass is 9.97. The van der Waals surface area contributed by atoms with Crippen molar-refractivity contribution in [2.75, 3.05) is 19.8 Å². The number of piperidine rings is 1. The average molecular weight is 382 g/mol. The third kappa shape index (κ3) is 2.92. The highest BCUT2D eigenvalue weighted by atomic mass is 35.5. The topological polar surface area (TPSA) is 43.2 Å². The molecule has 4 rings (SSSR count). The molecule has 132 valence electrons. The number of rotatable bonds is 2. The molecule has 0 aliphatic carbocycles. The maximum Gasteiger partial charge on any atom is 0.244 e. The molecule has 3 aliphatic heterocycles. The number of hydrogen-bond acceptors (Lipinski definition) is 5. The third-order valence-corrected chi connectivity index (χ3v) is 5.37. The van der Waals surface area contributed by atoms with E-state index in [2.05, 4.69) is 27.2 Å². The number of hydrazine groups is 1. The van der Waals surface area contributed by atoms with Crippen molar-refractivity contribution in [2.24, 2.45) is 15.9 Å². The van der Waals surface area contributed by atoms with Gasteiger partial charge in [0.2, 0.25) is 5.96 Å². The van der Waals surface area contributed by atoms with Crippen molar-refractivity contribution in [1.29, 1.82) is 0 Å². The van der Waals surface area contributed by atoms with Crippen LogP contribution in [0, 0.1) is 11.7 Å². The summed E-state index contributed by atoms with van der Waals surface area (Å²) in [6.07, 6.45) is 2.13. The molecule has 1 aromatic rings.